The molecular weight excluding hydrogens is 392 g/mol. The van der Waals surface area contributed by atoms with Crippen molar-refractivity contribution in [1.29, 1.82) is 0 Å². The lowest BCUT2D eigenvalue weighted by Crippen LogP contribution is -2.45. The Kier molecular flexibility index (Phi) is 6.58. The lowest BCUT2D eigenvalue weighted by Gasteiger charge is -2.32. The minimum Gasteiger partial charge on any atom is -0.349 e. The van der Waals surface area contributed by atoms with Crippen LogP contribution in [0.1, 0.15) is 48.9 Å². The molecule has 0 aliphatic carbocycles. The second kappa shape index (κ2) is 8.76. The molecule has 0 spiro atoms. The summed E-state index contributed by atoms with van der Waals surface area (Å²) in [6, 6.07) is 9.57. The molecule has 28 heavy (non-hydrogen) atoms. The van der Waals surface area contributed by atoms with Crippen molar-refractivity contribution >= 4 is 27.3 Å². The van der Waals surface area contributed by atoms with E-state index >= 15 is 0 Å². The monoisotopic (exact) mass is 420 g/mol. The minimum atomic E-state index is -3.51. The van der Waals surface area contributed by atoms with Crippen molar-refractivity contribution in [2.24, 2.45) is 5.92 Å². The van der Waals surface area contributed by atoms with Crippen molar-refractivity contribution in [2.75, 3.05) is 13.1 Å². The molecule has 1 N–H and O–H groups in total. The first-order valence-electron chi connectivity index (χ1n) is 9.74. The summed E-state index contributed by atoms with van der Waals surface area (Å²) in [5.74, 6) is -0.374. The molecule has 2 heterocycles. The van der Waals surface area contributed by atoms with Crippen LogP contribution in [-0.4, -0.2) is 31.7 Å². The van der Waals surface area contributed by atoms with E-state index in [9.17, 15) is 13.2 Å². The summed E-state index contributed by atoms with van der Waals surface area (Å²) < 4.78 is 27.4. The van der Waals surface area contributed by atoms with Crippen molar-refractivity contribution in [3.05, 3.63) is 52.4 Å². The predicted octanol–water partition coefficient (Wildman–Crippen LogP) is 4.03. The zero-order chi connectivity index (χ0) is 20.3. The summed E-state index contributed by atoms with van der Waals surface area (Å²) in [5.41, 5.74) is 3.49. The topological polar surface area (TPSA) is 66.5 Å². The average molecular weight is 421 g/mol. The van der Waals surface area contributed by atoms with E-state index < -0.39 is 10.0 Å². The zero-order valence-corrected chi connectivity index (χ0v) is 18.3. The molecule has 0 unspecified atom stereocenters. The summed E-state index contributed by atoms with van der Waals surface area (Å²) >= 11 is 1.22. The zero-order valence-electron chi connectivity index (χ0n) is 16.6. The molecule has 5 nitrogen and oxygen atoms in total. The van der Waals surface area contributed by atoms with Crippen molar-refractivity contribution in [1.82, 2.24) is 9.62 Å². The van der Waals surface area contributed by atoms with Crippen LogP contribution < -0.4 is 5.32 Å². The van der Waals surface area contributed by atoms with Gasteiger partial charge in [-0.05, 0) is 55.7 Å². The Morgan fingerprint density at radius 1 is 1.32 bits per heavy atom. The number of piperidine rings is 1. The van der Waals surface area contributed by atoms with Gasteiger partial charge in [0.25, 0.3) is 10.0 Å². The summed E-state index contributed by atoms with van der Waals surface area (Å²) in [6.45, 7) is 6.89. The van der Waals surface area contributed by atoms with Gasteiger partial charge in [-0.3, -0.25) is 4.79 Å². The molecule has 1 aliphatic heterocycles. The van der Waals surface area contributed by atoms with Crippen LogP contribution in [0.3, 0.4) is 0 Å². The fourth-order valence-electron chi connectivity index (χ4n) is 3.82. The first-order valence-corrected chi connectivity index (χ1v) is 12.1. The standard InChI is InChI=1S/C21H28N2O3S2/c1-4-19(18-10-9-15(2)13-16(18)3)22-21(24)17-7-5-11-23(14-17)28(25,26)20-8-6-12-27-20/h6,8-10,12-13,17,19H,4-5,7,11,14H2,1-3H3,(H,22,24)/t17-,19-/m0/s1. The average Bonchev–Trinajstić information content (AvgIpc) is 3.22. The second-order valence-corrected chi connectivity index (χ2v) is 10.6. The highest BCUT2D eigenvalue weighted by Gasteiger charge is 2.34. The molecule has 1 fully saturated rings. The molecular formula is C21H28N2O3S2. The molecule has 1 saturated heterocycles. The maximum atomic E-state index is 12.9. The van der Waals surface area contributed by atoms with E-state index in [2.05, 4.69) is 44.3 Å². The molecule has 2 atom stereocenters. The van der Waals surface area contributed by atoms with Gasteiger partial charge in [0.2, 0.25) is 5.91 Å². The van der Waals surface area contributed by atoms with Gasteiger partial charge in [-0.25, -0.2) is 8.42 Å². The van der Waals surface area contributed by atoms with Gasteiger partial charge in [0, 0.05) is 13.1 Å². The molecule has 7 heteroatoms. The number of hydrogen-bond acceptors (Lipinski definition) is 4. The van der Waals surface area contributed by atoms with E-state index in [1.165, 1.54) is 21.2 Å². The van der Waals surface area contributed by atoms with Gasteiger partial charge >= 0.3 is 0 Å². The van der Waals surface area contributed by atoms with Crippen LogP contribution in [0.25, 0.3) is 0 Å². The first-order chi connectivity index (χ1) is 13.3. The third-order valence-corrected chi connectivity index (χ3v) is 8.61. The third-order valence-electron chi connectivity index (χ3n) is 5.37. The Labute approximate surface area is 171 Å². The van der Waals surface area contributed by atoms with Gasteiger partial charge in [0.1, 0.15) is 4.21 Å². The summed E-state index contributed by atoms with van der Waals surface area (Å²) in [5, 5.41) is 4.92. The number of benzene rings is 1. The molecule has 1 aliphatic rings. The third kappa shape index (κ3) is 4.47. The quantitative estimate of drug-likeness (QED) is 0.767. The van der Waals surface area contributed by atoms with Gasteiger partial charge in [-0.2, -0.15) is 4.31 Å². The summed E-state index contributed by atoms with van der Waals surface area (Å²) in [4.78, 5) is 12.9. The lowest BCUT2D eigenvalue weighted by molar-refractivity contribution is -0.126. The van der Waals surface area contributed by atoms with Gasteiger partial charge in [0.05, 0.1) is 12.0 Å². The molecule has 152 valence electrons. The Morgan fingerprint density at radius 3 is 2.75 bits per heavy atom. The smallest absolute Gasteiger partial charge is 0.252 e. The molecule has 0 bridgehead atoms. The molecule has 3 rings (SSSR count). The number of nitrogens with zero attached hydrogens (tertiary/aromatic N) is 1. The Balaban J connectivity index is 1.71. The van der Waals surface area contributed by atoms with Crippen LogP contribution in [0, 0.1) is 19.8 Å². The fraction of sp³-hybridized carbons (Fsp3) is 0.476. The number of rotatable bonds is 6. The first kappa shape index (κ1) is 21.0. The number of hydrogen-bond donors (Lipinski definition) is 1. The SMILES string of the molecule is CC[C@H](NC(=O)[C@H]1CCCN(S(=O)(=O)c2cccs2)C1)c1ccc(C)cc1C. The summed E-state index contributed by atoms with van der Waals surface area (Å²) in [7, 11) is -3.51. The second-order valence-electron chi connectivity index (χ2n) is 7.46. The van der Waals surface area contributed by atoms with Crippen LogP contribution in [0.15, 0.2) is 39.9 Å². The van der Waals surface area contributed by atoms with Gasteiger partial charge in [-0.15, -0.1) is 11.3 Å². The Morgan fingerprint density at radius 2 is 2.11 bits per heavy atom. The van der Waals surface area contributed by atoms with E-state index in [1.807, 2.05) is 0 Å². The number of thiophene rings is 1. The maximum Gasteiger partial charge on any atom is 0.252 e. The highest BCUT2D eigenvalue weighted by atomic mass is 32.2. The van der Waals surface area contributed by atoms with Crippen LogP contribution >= 0.6 is 11.3 Å². The van der Waals surface area contributed by atoms with Gasteiger partial charge in [-0.1, -0.05) is 36.8 Å². The van der Waals surface area contributed by atoms with Crippen LogP contribution in [-0.2, 0) is 14.8 Å². The van der Waals surface area contributed by atoms with Crippen LogP contribution in [0.2, 0.25) is 0 Å². The minimum absolute atomic E-state index is 0.0575. The van der Waals surface area contributed by atoms with Gasteiger partial charge in [0.15, 0.2) is 0 Å². The number of sulfonamides is 1. The molecule has 1 amide bonds. The molecule has 0 radical (unpaired) electrons. The number of aryl methyl sites for hydroxylation is 2. The van der Waals surface area contributed by atoms with Gasteiger partial charge < -0.3 is 5.32 Å². The molecule has 1 aromatic heterocycles. The fourth-order valence-corrected chi connectivity index (χ4v) is 6.49. The largest absolute Gasteiger partial charge is 0.349 e. The van der Waals surface area contributed by atoms with E-state index in [0.717, 1.165) is 17.5 Å². The maximum absolute atomic E-state index is 12.9. The highest BCUT2D eigenvalue weighted by Crippen LogP contribution is 2.28. The highest BCUT2D eigenvalue weighted by molar-refractivity contribution is 7.91. The molecule has 2 aromatic rings. The number of carbonyl (C=O) groups is 1. The Bertz CT molecular complexity index is 923. The van der Waals surface area contributed by atoms with E-state index in [0.29, 0.717) is 23.6 Å². The normalized spacial score (nSPS) is 19.3. The van der Waals surface area contributed by atoms with E-state index in [-0.39, 0.29) is 24.4 Å². The van der Waals surface area contributed by atoms with Crippen molar-refractivity contribution in [3.63, 3.8) is 0 Å². The summed E-state index contributed by atoms with van der Waals surface area (Å²) in [6.07, 6.45) is 2.20. The molecule has 0 saturated carbocycles. The van der Waals surface area contributed by atoms with Crippen LogP contribution in [0.4, 0.5) is 0 Å². The van der Waals surface area contributed by atoms with Crippen LogP contribution in [0.5, 0.6) is 0 Å². The lowest BCUT2D eigenvalue weighted by atomic mass is 9.95. The van der Waals surface area contributed by atoms with E-state index in [1.54, 1.807) is 17.5 Å². The Hall–Kier alpha value is -1.70. The van der Waals surface area contributed by atoms with E-state index in [4.69, 9.17) is 0 Å². The number of carbonyl (C=O) groups excluding carboxylic acids is 1. The van der Waals surface area contributed by atoms with Crippen molar-refractivity contribution in [3.8, 4) is 0 Å². The molecule has 1 aromatic carbocycles. The van der Waals surface area contributed by atoms with Crippen molar-refractivity contribution in [2.45, 2.75) is 50.3 Å². The van der Waals surface area contributed by atoms with Crippen molar-refractivity contribution < 1.29 is 13.2 Å². The number of amides is 1. The predicted molar refractivity (Wildman–Crippen MR) is 113 cm³/mol. The number of nitrogens with one attached hydrogen (secondary N) is 1.